The molecule has 0 spiro atoms. The number of allylic oxidation sites excluding steroid dienone is 5. The van der Waals surface area contributed by atoms with Gasteiger partial charge in [0.15, 0.2) is 0 Å². The van der Waals surface area contributed by atoms with Crippen LogP contribution in [0.5, 0.6) is 0 Å². The number of rotatable bonds is 2. The Balaban J connectivity index is -0.000000218. The SMILES string of the molecule is CC.CC.C\C=C/C=C\C(O)=C/C. The maximum absolute atomic E-state index is 8.82. The van der Waals surface area contributed by atoms with Gasteiger partial charge in [-0.15, -0.1) is 0 Å². The molecule has 0 heterocycles. The first kappa shape index (κ1) is 17.9. The van der Waals surface area contributed by atoms with Crippen LogP contribution in [-0.4, -0.2) is 5.11 Å². The van der Waals surface area contributed by atoms with Crippen molar-refractivity contribution in [2.24, 2.45) is 0 Å². The van der Waals surface area contributed by atoms with Gasteiger partial charge in [0.1, 0.15) is 5.76 Å². The van der Waals surface area contributed by atoms with E-state index in [0.29, 0.717) is 5.76 Å². The third-order valence-corrected chi connectivity index (χ3v) is 0.866. The molecule has 0 aromatic rings. The minimum absolute atomic E-state index is 0.299. The molecule has 0 amide bonds. The maximum Gasteiger partial charge on any atom is 0.111 e. The van der Waals surface area contributed by atoms with Crippen molar-refractivity contribution in [3.63, 3.8) is 0 Å². The van der Waals surface area contributed by atoms with E-state index in [1.807, 2.05) is 46.8 Å². The van der Waals surface area contributed by atoms with Crippen molar-refractivity contribution < 1.29 is 5.11 Å². The highest BCUT2D eigenvalue weighted by atomic mass is 16.3. The average Bonchev–Trinajstić information content (AvgIpc) is 2.24. The fourth-order valence-corrected chi connectivity index (χ4v) is 0.361. The summed E-state index contributed by atoms with van der Waals surface area (Å²) in [5.74, 6) is 0.299. The van der Waals surface area contributed by atoms with Crippen LogP contribution in [0.15, 0.2) is 36.1 Å². The van der Waals surface area contributed by atoms with Crippen LogP contribution in [0.3, 0.4) is 0 Å². The zero-order valence-corrected chi connectivity index (χ0v) is 9.83. The lowest BCUT2D eigenvalue weighted by Crippen LogP contribution is -1.67. The number of hydrogen-bond acceptors (Lipinski definition) is 1. The molecular weight excluding hydrogens is 160 g/mol. The average molecular weight is 184 g/mol. The Bertz CT molecular complexity index is 141. The molecule has 13 heavy (non-hydrogen) atoms. The molecule has 1 N–H and O–H groups in total. The predicted molar refractivity (Wildman–Crippen MR) is 63.0 cm³/mol. The molecule has 0 aromatic heterocycles. The van der Waals surface area contributed by atoms with Gasteiger partial charge >= 0.3 is 0 Å². The standard InChI is InChI=1S/C8H12O.2C2H6/c1-3-5-6-7-8(9)4-2;2*1-2/h3-7,9H,1-2H3;2*1-2H3/b5-3-,7-6-,8-4+;;. The van der Waals surface area contributed by atoms with Crippen molar-refractivity contribution in [2.75, 3.05) is 0 Å². The molecule has 0 fully saturated rings. The van der Waals surface area contributed by atoms with E-state index < -0.39 is 0 Å². The van der Waals surface area contributed by atoms with E-state index in [1.165, 1.54) is 0 Å². The van der Waals surface area contributed by atoms with Gasteiger partial charge in [-0.2, -0.15) is 0 Å². The van der Waals surface area contributed by atoms with Gasteiger partial charge in [0, 0.05) is 0 Å². The van der Waals surface area contributed by atoms with Crippen molar-refractivity contribution in [3.8, 4) is 0 Å². The molecule has 0 saturated heterocycles. The van der Waals surface area contributed by atoms with E-state index in [2.05, 4.69) is 0 Å². The van der Waals surface area contributed by atoms with Gasteiger partial charge in [0.2, 0.25) is 0 Å². The summed E-state index contributed by atoms with van der Waals surface area (Å²) >= 11 is 0. The van der Waals surface area contributed by atoms with Crippen LogP contribution < -0.4 is 0 Å². The summed E-state index contributed by atoms with van der Waals surface area (Å²) in [6.07, 6.45) is 8.83. The lowest BCUT2D eigenvalue weighted by molar-refractivity contribution is 0.431. The first-order chi connectivity index (χ1) is 6.31. The van der Waals surface area contributed by atoms with Crippen LogP contribution in [0.25, 0.3) is 0 Å². The Hall–Kier alpha value is -0.980. The summed E-state index contributed by atoms with van der Waals surface area (Å²) in [6, 6.07) is 0. The van der Waals surface area contributed by atoms with Gasteiger partial charge in [-0.25, -0.2) is 0 Å². The van der Waals surface area contributed by atoms with Crippen LogP contribution >= 0.6 is 0 Å². The highest BCUT2D eigenvalue weighted by Crippen LogP contribution is 1.89. The van der Waals surface area contributed by atoms with Gasteiger partial charge in [-0.3, -0.25) is 0 Å². The zero-order chi connectivity index (χ0) is 11.1. The van der Waals surface area contributed by atoms with E-state index in [9.17, 15) is 0 Å². The summed E-state index contributed by atoms with van der Waals surface area (Å²) < 4.78 is 0. The quantitative estimate of drug-likeness (QED) is 0.490. The second kappa shape index (κ2) is 22.5. The predicted octanol–water partition coefficient (Wildman–Crippen LogP) is 4.63. The number of hydrogen-bond donors (Lipinski definition) is 1. The fourth-order valence-electron chi connectivity index (χ4n) is 0.361. The highest BCUT2D eigenvalue weighted by molar-refractivity contribution is 5.14. The lowest BCUT2D eigenvalue weighted by Gasteiger charge is -1.82. The summed E-state index contributed by atoms with van der Waals surface area (Å²) in [5.41, 5.74) is 0. The van der Waals surface area contributed by atoms with Gasteiger partial charge in [-0.05, 0) is 26.0 Å². The van der Waals surface area contributed by atoms with Gasteiger partial charge < -0.3 is 5.11 Å². The molecule has 0 aromatic carbocycles. The van der Waals surface area contributed by atoms with Crippen molar-refractivity contribution in [2.45, 2.75) is 41.5 Å². The Kier molecular flexibility index (Phi) is 31.0. The molecule has 0 rings (SSSR count). The van der Waals surface area contributed by atoms with E-state index >= 15 is 0 Å². The van der Waals surface area contributed by atoms with Gasteiger partial charge in [-0.1, -0.05) is 45.9 Å². The first-order valence-corrected chi connectivity index (χ1v) is 4.96. The van der Waals surface area contributed by atoms with Crippen molar-refractivity contribution >= 4 is 0 Å². The van der Waals surface area contributed by atoms with Crippen LogP contribution in [0, 0.1) is 0 Å². The fraction of sp³-hybridized carbons (Fsp3) is 0.500. The molecule has 0 atom stereocenters. The summed E-state index contributed by atoms with van der Waals surface area (Å²) in [5, 5.41) is 8.82. The third-order valence-electron chi connectivity index (χ3n) is 0.866. The summed E-state index contributed by atoms with van der Waals surface area (Å²) in [7, 11) is 0. The normalized spacial score (nSPS) is 10.5. The second-order valence-corrected chi connectivity index (χ2v) is 1.60. The molecule has 0 aliphatic carbocycles. The number of aliphatic hydroxyl groups is 1. The summed E-state index contributed by atoms with van der Waals surface area (Å²) in [4.78, 5) is 0. The monoisotopic (exact) mass is 184 g/mol. The molecule has 78 valence electrons. The third kappa shape index (κ3) is 24.7. The molecule has 1 nitrogen and oxygen atoms in total. The minimum atomic E-state index is 0.299. The van der Waals surface area contributed by atoms with Crippen molar-refractivity contribution in [3.05, 3.63) is 36.1 Å². The molecule has 1 heteroatoms. The van der Waals surface area contributed by atoms with Crippen LogP contribution in [0.1, 0.15) is 41.5 Å². The van der Waals surface area contributed by atoms with Crippen molar-refractivity contribution in [1.82, 2.24) is 0 Å². The van der Waals surface area contributed by atoms with Crippen LogP contribution in [0.2, 0.25) is 0 Å². The molecule has 0 unspecified atom stereocenters. The topological polar surface area (TPSA) is 20.2 Å². The van der Waals surface area contributed by atoms with Crippen LogP contribution in [0.4, 0.5) is 0 Å². The zero-order valence-electron chi connectivity index (χ0n) is 9.83. The Labute approximate surface area is 83.5 Å². The Morgan fingerprint density at radius 2 is 1.38 bits per heavy atom. The maximum atomic E-state index is 8.82. The van der Waals surface area contributed by atoms with E-state index in [4.69, 9.17) is 5.11 Å². The Morgan fingerprint density at radius 1 is 0.923 bits per heavy atom. The smallest absolute Gasteiger partial charge is 0.111 e. The van der Waals surface area contributed by atoms with E-state index in [0.717, 1.165) is 0 Å². The van der Waals surface area contributed by atoms with Gasteiger partial charge in [0.05, 0.1) is 0 Å². The second-order valence-electron chi connectivity index (χ2n) is 1.60. The Morgan fingerprint density at radius 3 is 1.69 bits per heavy atom. The van der Waals surface area contributed by atoms with E-state index in [1.54, 1.807) is 25.2 Å². The summed E-state index contributed by atoms with van der Waals surface area (Å²) in [6.45, 7) is 11.7. The van der Waals surface area contributed by atoms with Gasteiger partial charge in [0.25, 0.3) is 0 Å². The van der Waals surface area contributed by atoms with Crippen LogP contribution in [-0.2, 0) is 0 Å². The lowest BCUT2D eigenvalue weighted by atomic mass is 10.4. The molecule has 0 bridgehead atoms. The molecule has 0 radical (unpaired) electrons. The molecule has 0 saturated carbocycles. The molecular formula is C12H24O. The van der Waals surface area contributed by atoms with E-state index in [-0.39, 0.29) is 0 Å². The minimum Gasteiger partial charge on any atom is -0.508 e. The molecule has 0 aliphatic heterocycles. The van der Waals surface area contributed by atoms with Crippen molar-refractivity contribution in [1.29, 1.82) is 0 Å². The highest BCUT2D eigenvalue weighted by Gasteiger charge is 1.74. The molecule has 0 aliphatic rings. The largest absolute Gasteiger partial charge is 0.508 e. The number of aliphatic hydroxyl groups excluding tert-OH is 1. The first-order valence-electron chi connectivity index (χ1n) is 4.96.